The van der Waals surface area contributed by atoms with E-state index in [1.54, 1.807) is 6.26 Å². The van der Waals surface area contributed by atoms with E-state index in [0.717, 1.165) is 29.7 Å². The average molecular weight is 270 g/mol. The number of hydrogen-bond donors (Lipinski definition) is 1. The minimum absolute atomic E-state index is 0.362. The summed E-state index contributed by atoms with van der Waals surface area (Å²) in [5.74, 6) is 0.832. The molecule has 0 aliphatic heterocycles. The van der Waals surface area contributed by atoms with Crippen LogP contribution in [0.15, 0.2) is 47.1 Å². The van der Waals surface area contributed by atoms with Gasteiger partial charge in [0.15, 0.2) is 0 Å². The van der Waals surface area contributed by atoms with Crippen molar-refractivity contribution in [2.75, 3.05) is 0 Å². The topological polar surface area (TPSA) is 33.4 Å². The van der Waals surface area contributed by atoms with E-state index in [0.29, 0.717) is 0 Å². The summed E-state index contributed by atoms with van der Waals surface area (Å²) in [5, 5.41) is 10.2. The summed E-state index contributed by atoms with van der Waals surface area (Å²) >= 11 is 0. The van der Waals surface area contributed by atoms with Crippen LogP contribution in [0.3, 0.4) is 0 Å². The van der Waals surface area contributed by atoms with Crippen molar-refractivity contribution >= 4 is 12.2 Å². The lowest BCUT2D eigenvalue weighted by molar-refractivity contribution is 0.163. The van der Waals surface area contributed by atoms with Crippen LogP contribution in [0.2, 0.25) is 0 Å². The molecule has 0 aliphatic carbocycles. The Kier molecular flexibility index (Phi) is 5.63. The smallest absolute Gasteiger partial charge is 0.126 e. The fraction of sp³-hybridized carbons (Fsp3) is 0.333. The molecular weight excluding hydrogens is 248 g/mol. The number of aliphatic hydroxyl groups is 1. The zero-order valence-corrected chi connectivity index (χ0v) is 12.0. The zero-order valence-electron chi connectivity index (χ0n) is 12.0. The van der Waals surface area contributed by atoms with E-state index in [4.69, 9.17) is 4.42 Å². The average Bonchev–Trinajstić information content (AvgIpc) is 2.99. The Balaban J connectivity index is 2.00. The van der Waals surface area contributed by atoms with Crippen molar-refractivity contribution in [2.45, 2.75) is 38.7 Å². The van der Waals surface area contributed by atoms with Gasteiger partial charge in [-0.2, -0.15) is 0 Å². The molecule has 1 unspecified atom stereocenters. The molecule has 1 heterocycles. The van der Waals surface area contributed by atoms with Crippen molar-refractivity contribution in [1.82, 2.24) is 0 Å². The van der Waals surface area contributed by atoms with Crippen molar-refractivity contribution in [3.05, 3.63) is 59.5 Å². The van der Waals surface area contributed by atoms with Gasteiger partial charge in [0, 0.05) is 0 Å². The largest absolute Gasteiger partial charge is 0.465 e. The molecule has 1 aromatic carbocycles. The van der Waals surface area contributed by atoms with Gasteiger partial charge in [0.2, 0.25) is 0 Å². The van der Waals surface area contributed by atoms with Crippen LogP contribution in [0.1, 0.15) is 55.6 Å². The summed E-state index contributed by atoms with van der Waals surface area (Å²) in [5.41, 5.74) is 2.07. The molecule has 0 bridgehead atoms. The number of furan rings is 1. The monoisotopic (exact) mass is 270 g/mol. The number of rotatable bonds is 7. The molecule has 106 valence electrons. The van der Waals surface area contributed by atoms with E-state index in [1.165, 1.54) is 12.8 Å². The molecule has 0 aliphatic rings. The van der Waals surface area contributed by atoms with Crippen LogP contribution in [0.4, 0.5) is 0 Å². The predicted octanol–water partition coefficient (Wildman–Crippen LogP) is 5.06. The number of unbranched alkanes of at least 4 members (excludes halogenated alkanes) is 2. The molecule has 2 rings (SSSR count). The Morgan fingerprint density at radius 1 is 1.15 bits per heavy atom. The SMILES string of the molecule is CCCCCC(O)c1cccc(C=Cc2ccco2)c1. The van der Waals surface area contributed by atoms with Gasteiger partial charge >= 0.3 is 0 Å². The Labute approximate surface area is 120 Å². The van der Waals surface area contributed by atoms with Crippen LogP contribution in [0, 0.1) is 0 Å². The standard InChI is InChI=1S/C18H22O2/c1-2-3-4-10-18(19)16-8-5-7-15(14-16)11-12-17-9-6-13-20-17/h5-9,11-14,18-19H,2-4,10H2,1H3. The van der Waals surface area contributed by atoms with Crippen LogP contribution < -0.4 is 0 Å². The van der Waals surface area contributed by atoms with Crippen molar-refractivity contribution in [3.63, 3.8) is 0 Å². The molecule has 1 aromatic heterocycles. The Morgan fingerprint density at radius 3 is 2.80 bits per heavy atom. The van der Waals surface area contributed by atoms with Crippen LogP contribution >= 0.6 is 0 Å². The molecule has 2 nitrogen and oxygen atoms in total. The fourth-order valence-corrected chi connectivity index (χ4v) is 2.19. The van der Waals surface area contributed by atoms with Gasteiger partial charge in [-0.1, -0.05) is 50.5 Å². The lowest BCUT2D eigenvalue weighted by Crippen LogP contribution is -1.97. The van der Waals surface area contributed by atoms with E-state index < -0.39 is 0 Å². The molecular formula is C18H22O2. The van der Waals surface area contributed by atoms with E-state index in [2.05, 4.69) is 6.92 Å². The predicted molar refractivity (Wildman–Crippen MR) is 83.2 cm³/mol. The maximum absolute atomic E-state index is 10.2. The highest BCUT2D eigenvalue weighted by molar-refractivity contribution is 5.67. The molecule has 0 radical (unpaired) electrons. The van der Waals surface area contributed by atoms with E-state index in [-0.39, 0.29) is 6.10 Å². The van der Waals surface area contributed by atoms with E-state index >= 15 is 0 Å². The first-order valence-corrected chi connectivity index (χ1v) is 7.29. The van der Waals surface area contributed by atoms with Crippen molar-refractivity contribution in [2.24, 2.45) is 0 Å². The molecule has 1 atom stereocenters. The second-order valence-electron chi connectivity index (χ2n) is 5.03. The number of aliphatic hydroxyl groups excluding tert-OH is 1. The molecule has 0 saturated carbocycles. The van der Waals surface area contributed by atoms with Gasteiger partial charge < -0.3 is 9.52 Å². The normalized spacial score (nSPS) is 12.9. The molecule has 0 amide bonds. The molecule has 20 heavy (non-hydrogen) atoms. The second kappa shape index (κ2) is 7.71. The van der Waals surface area contributed by atoms with E-state index in [9.17, 15) is 5.11 Å². The summed E-state index contributed by atoms with van der Waals surface area (Å²) in [7, 11) is 0. The van der Waals surface area contributed by atoms with Gasteiger partial charge in [0.1, 0.15) is 5.76 Å². The Bertz CT molecular complexity index is 526. The quantitative estimate of drug-likeness (QED) is 0.713. The summed E-state index contributed by atoms with van der Waals surface area (Å²) in [6.45, 7) is 2.17. The van der Waals surface area contributed by atoms with Gasteiger partial charge in [-0.25, -0.2) is 0 Å². The second-order valence-corrected chi connectivity index (χ2v) is 5.03. The summed E-state index contributed by atoms with van der Waals surface area (Å²) in [6.07, 6.45) is 9.49. The van der Waals surface area contributed by atoms with Crippen LogP contribution in [0.25, 0.3) is 12.2 Å². The first kappa shape index (κ1) is 14.6. The summed E-state index contributed by atoms with van der Waals surface area (Å²) in [4.78, 5) is 0. The molecule has 0 spiro atoms. The molecule has 0 saturated heterocycles. The molecule has 2 heteroatoms. The Morgan fingerprint density at radius 2 is 2.05 bits per heavy atom. The van der Waals surface area contributed by atoms with Crippen LogP contribution in [0.5, 0.6) is 0 Å². The van der Waals surface area contributed by atoms with Gasteiger partial charge in [-0.05, 0) is 41.8 Å². The highest BCUT2D eigenvalue weighted by Crippen LogP contribution is 2.21. The zero-order chi connectivity index (χ0) is 14.2. The minimum atomic E-state index is -0.362. The van der Waals surface area contributed by atoms with Crippen molar-refractivity contribution < 1.29 is 9.52 Å². The first-order valence-electron chi connectivity index (χ1n) is 7.29. The third-order valence-corrected chi connectivity index (χ3v) is 3.36. The summed E-state index contributed by atoms with van der Waals surface area (Å²) < 4.78 is 5.26. The summed E-state index contributed by atoms with van der Waals surface area (Å²) in [6, 6.07) is 11.8. The highest BCUT2D eigenvalue weighted by atomic mass is 16.3. The number of hydrogen-bond acceptors (Lipinski definition) is 2. The third kappa shape index (κ3) is 4.39. The molecule has 1 N–H and O–H groups in total. The highest BCUT2D eigenvalue weighted by Gasteiger charge is 2.06. The van der Waals surface area contributed by atoms with Crippen LogP contribution in [-0.4, -0.2) is 5.11 Å². The lowest BCUT2D eigenvalue weighted by Gasteiger charge is -2.11. The molecule has 2 aromatic rings. The van der Waals surface area contributed by atoms with E-state index in [1.807, 2.05) is 48.6 Å². The minimum Gasteiger partial charge on any atom is -0.465 e. The maximum Gasteiger partial charge on any atom is 0.126 e. The maximum atomic E-state index is 10.2. The van der Waals surface area contributed by atoms with Gasteiger partial charge in [-0.3, -0.25) is 0 Å². The van der Waals surface area contributed by atoms with Gasteiger partial charge in [0.05, 0.1) is 12.4 Å². The Hall–Kier alpha value is -1.80. The third-order valence-electron chi connectivity index (χ3n) is 3.36. The molecule has 0 fully saturated rings. The van der Waals surface area contributed by atoms with Gasteiger partial charge in [-0.15, -0.1) is 0 Å². The van der Waals surface area contributed by atoms with Gasteiger partial charge in [0.25, 0.3) is 0 Å². The van der Waals surface area contributed by atoms with Crippen molar-refractivity contribution in [1.29, 1.82) is 0 Å². The number of benzene rings is 1. The van der Waals surface area contributed by atoms with Crippen molar-refractivity contribution in [3.8, 4) is 0 Å². The fourth-order valence-electron chi connectivity index (χ4n) is 2.19. The lowest BCUT2D eigenvalue weighted by atomic mass is 10.0. The van der Waals surface area contributed by atoms with Crippen LogP contribution in [-0.2, 0) is 0 Å². The first-order chi connectivity index (χ1) is 9.79.